The number of fused-ring (bicyclic) bond motifs is 1. The summed E-state index contributed by atoms with van der Waals surface area (Å²) in [5.41, 5.74) is 1.87. The van der Waals surface area contributed by atoms with E-state index in [1.807, 2.05) is 13.0 Å². The molecule has 7 nitrogen and oxygen atoms in total. The molecule has 1 N–H and O–H groups in total. The third-order valence-electron chi connectivity index (χ3n) is 3.97. The number of hydrogen-bond donors (Lipinski definition) is 1. The van der Waals surface area contributed by atoms with Crippen LogP contribution in [0.4, 0.5) is 5.69 Å². The van der Waals surface area contributed by atoms with Gasteiger partial charge in [-0.1, -0.05) is 15.9 Å². The molecule has 9 heteroatoms. The molecule has 3 rings (SSSR count). The molecule has 3 aromatic rings. The predicted octanol–water partition coefficient (Wildman–Crippen LogP) is 3.17. The molecular weight excluding hydrogens is 434 g/mol. The standard InChI is InChI=1S/C18H16BrN3O4S/c1-9-6-11(4-5-12(9)19)21-13(23)7-26-18(25)15-10(2)14-16(27-15)20-8-22(3)17(14)24/h4-6,8H,7H2,1-3H3,(H,21,23). The lowest BCUT2D eigenvalue weighted by molar-refractivity contribution is -0.119. The second-order valence-electron chi connectivity index (χ2n) is 5.99. The smallest absolute Gasteiger partial charge is 0.349 e. The lowest BCUT2D eigenvalue weighted by Gasteiger charge is -2.08. The van der Waals surface area contributed by atoms with E-state index in [2.05, 4.69) is 26.2 Å². The van der Waals surface area contributed by atoms with E-state index in [0.29, 0.717) is 21.5 Å². The summed E-state index contributed by atoms with van der Waals surface area (Å²) in [7, 11) is 1.60. The van der Waals surface area contributed by atoms with Crippen molar-refractivity contribution in [3.05, 3.63) is 55.4 Å². The number of esters is 1. The van der Waals surface area contributed by atoms with Gasteiger partial charge in [0.25, 0.3) is 11.5 Å². The number of carbonyl (C=O) groups excluding carboxylic acids is 2. The van der Waals surface area contributed by atoms with Gasteiger partial charge in [0.2, 0.25) is 0 Å². The fourth-order valence-corrected chi connectivity index (χ4v) is 3.80. The SMILES string of the molecule is Cc1cc(NC(=O)COC(=O)c2sc3ncn(C)c(=O)c3c2C)ccc1Br. The highest BCUT2D eigenvalue weighted by molar-refractivity contribution is 9.10. The highest BCUT2D eigenvalue weighted by atomic mass is 79.9. The number of anilines is 1. The topological polar surface area (TPSA) is 90.3 Å². The Labute approximate surface area is 167 Å². The summed E-state index contributed by atoms with van der Waals surface area (Å²) in [6.07, 6.45) is 1.41. The Morgan fingerprint density at radius 2 is 2.07 bits per heavy atom. The number of nitrogens with zero attached hydrogens (tertiary/aromatic N) is 2. The van der Waals surface area contributed by atoms with Crippen molar-refractivity contribution in [1.29, 1.82) is 0 Å². The summed E-state index contributed by atoms with van der Waals surface area (Å²) in [5.74, 6) is -1.10. The summed E-state index contributed by atoms with van der Waals surface area (Å²) in [6.45, 7) is 3.15. The molecule has 0 unspecified atom stereocenters. The molecule has 2 heterocycles. The summed E-state index contributed by atoms with van der Waals surface area (Å²) < 4.78 is 7.40. The van der Waals surface area contributed by atoms with E-state index in [9.17, 15) is 14.4 Å². The van der Waals surface area contributed by atoms with E-state index < -0.39 is 18.5 Å². The van der Waals surface area contributed by atoms with Crippen LogP contribution < -0.4 is 10.9 Å². The number of amides is 1. The van der Waals surface area contributed by atoms with Crippen molar-refractivity contribution >= 4 is 55.0 Å². The van der Waals surface area contributed by atoms with Gasteiger partial charge in [-0.2, -0.15) is 0 Å². The van der Waals surface area contributed by atoms with Crippen LogP contribution in [0, 0.1) is 13.8 Å². The van der Waals surface area contributed by atoms with E-state index in [1.165, 1.54) is 10.9 Å². The predicted molar refractivity (Wildman–Crippen MR) is 107 cm³/mol. The van der Waals surface area contributed by atoms with Crippen molar-refractivity contribution in [3.63, 3.8) is 0 Å². The van der Waals surface area contributed by atoms with Crippen LogP contribution in [0.3, 0.4) is 0 Å². The van der Waals surface area contributed by atoms with E-state index in [0.717, 1.165) is 21.4 Å². The molecule has 2 aromatic heterocycles. The van der Waals surface area contributed by atoms with Gasteiger partial charge in [-0.3, -0.25) is 9.59 Å². The number of benzene rings is 1. The van der Waals surface area contributed by atoms with Crippen molar-refractivity contribution < 1.29 is 14.3 Å². The second-order valence-corrected chi connectivity index (χ2v) is 7.84. The van der Waals surface area contributed by atoms with Crippen molar-refractivity contribution in [2.75, 3.05) is 11.9 Å². The van der Waals surface area contributed by atoms with Crippen LogP contribution >= 0.6 is 27.3 Å². The number of halogens is 1. The van der Waals surface area contributed by atoms with Gasteiger partial charge < -0.3 is 14.6 Å². The first-order chi connectivity index (χ1) is 12.8. The Morgan fingerprint density at radius 3 is 2.78 bits per heavy atom. The number of rotatable bonds is 4. The first-order valence-corrected chi connectivity index (χ1v) is 9.56. The minimum absolute atomic E-state index is 0.226. The van der Waals surface area contributed by atoms with Gasteiger partial charge in [0.05, 0.1) is 11.7 Å². The normalized spacial score (nSPS) is 10.8. The number of aromatic nitrogens is 2. The Kier molecular flexibility index (Phi) is 5.43. The molecule has 0 bridgehead atoms. The molecular formula is C18H16BrN3O4S. The van der Waals surface area contributed by atoms with Crippen LogP contribution in [0.2, 0.25) is 0 Å². The fraction of sp³-hybridized carbons (Fsp3) is 0.222. The maximum atomic E-state index is 12.4. The van der Waals surface area contributed by atoms with E-state index >= 15 is 0 Å². The van der Waals surface area contributed by atoms with Gasteiger partial charge in [0.1, 0.15) is 9.71 Å². The highest BCUT2D eigenvalue weighted by Gasteiger charge is 2.21. The molecule has 0 saturated carbocycles. The van der Waals surface area contributed by atoms with Gasteiger partial charge in [0.15, 0.2) is 6.61 Å². The molecule has 0 aliphatic heterocycles. The van der Waals surface area contributed by atoms with Crippen LogP contribution in [-0.4, -0.2) is 28.0 Å². The molecule has 0 radical (unpaired) electrons. The zero-order valence-corrected chi connectivity index (χ0v) is 17.2. The number of carbonyl (C=O) groups is 2. The quantitative estimate of drug-likeness (QED) is 0.617. The van der Waals surface area contributed by atoms with E-state index in [-0.39, 0.29) is 10.4 Å². The first kappa shape index (κ1) is 19.2. The van der Waals surface area contributed by atoms with Crippen LogP contribution in [-0.2, 0) is 16.6 Å². The zero-order valence-electron chi connectivity index (χ0n) is 14.8. The Balaban J connectivity index is 1.70. The average Bonchev–Trinajstić information content (AvgIpc) is 2.97. The van der Waals surface area contributed by atoms with Crippen molar-refractivity contribution in [1.82, 2.24) is 9.55 Å². The number of aryl methyl sites for hydroxylation is 3. The minimum atomic E-state index is -0.653. The number of hydrogen-bond acceptors (Lipinski definition) is 6. The summed E-state index contributed by atoms with van der Waals surface area (Å²) >= 11 is 4.47. The fourth-order valence-electron chi connectivity index (χ4n) is 2.52. The van der Waals surface area contributed by atoms with Crippen molar-refractivity contribution in [3.8, 4) is 0 Å². The first-order valence-electron chi connectivity index (χ1n) is 7.95. The third kappa shape index (κ3) is 3.93. The Morgan fingerprint density at radius 1 is 1.33 bits per heavy atom. The summed E-state index contributed by atoms with van der Waals surface area (Å²) in [6, 6.07) is 5.38. The molecule has 1 aromatic carbocycles. The second kappa shape index (κ2) is 7.61. The molecule has 0 saturated heterocycles. The number of thiophene rings is 1. The molecule has 1 amide bonds. The summed E-state index contributed by atoms with van der Waals surface area (Å²) in [4.78, 5) is 41.5. The number of nitrogens with one attached hydrogen (secondary N) is 1. The molecule has 140 valence electrons. The number of ether oxygens (including phenoxy) is 1. The maximum absolute atomic E-state index is 12.4. The maximum Gasteiger partial charge on any atom is 0.349 e. The van der Waals surface area contributed by atoms with E-state index in [1.54, 1.807) is 26.1 Å². The Hall–Kier alpha value is -2.52. The highest BCUT2D eigenvalue weighted by Crippen LogP contribution is 2.27. The van der Waals surface area contributed by atoms with Crippen molar-refractivity contribution in [2.45, 2.75) is 13.8 Å². The van der Waals surface area contributed by atoms with Gasteiger partial charge in [0, 0.05) is 17.2 Å². The monoisotopic (exact) mass is 449 g/mol. The van der Waals surface area contributed by atoms with Gasteiger partial charge in [-0.15, -0.1) is 11.3 Å². The molecule has 0 aliphatic rings. The minimum Gasteiger partial charge on any atom is -0.451 e. The molecule has 27 heavy (non-hydrogen) atoms. The van der Waals surface area contributed by atoms with Gasteiger partial charge in [-0.05, 0) is 43.2 Å². The van der Waals surface area contributed by atoms with Crippen LogP contribution in [0.1, 0.15) is 20.8 Å². The lowest BCUT2D eigenvalue weighted by Crippen LogP contribution is -2.21. The van der Waals surface area contributed by atoms with Crippen molar-refractivity contribution in [2.24, 2.45) is 7.05 Å². The van der Waals surface area contributed by atoms with Crippen LogP contribution in [0.5, 0.6) is 0 Å². The van der Waals surface area contributed by atoms with Gasteiger partial charge in [-0.25, -0.2) is 9.78 Å². The molecule has 0 atom stereocenters. The van der Waals surface area contributed by atoms with E-state index in [4.69, 9.17) is 4.74 Å². The molecule has 0 spiro atoms. The zero-order chi connectivity index (χ0) is 19.7. The molecule has 0 fully saturated rings. The largest absolute Gasteiger partial charge is 0.451 e. The van der Waals surface area contributed by atoms with Gasteiger partial charge >= 0.3 is 5.97 Å². The third-order valence-corrected chi connectivity index (χ3v) is 6.04. The van der Waals surface area contributed by atoms with Crippen LogP contribution in [0.25, 0.3) is 10.2 Å². The molecule has 0 aliphatic carbocycles. The lowest BCUT2D eigenvalue weighted by atomic mass is 10.2. The Bertz CT molecular complexity index is 1120. The van der Waals surface area contributed by atoms with Crippen LogP contribution in [0.15, 0.2) is 33.8 Å². The average molecular weight is 450 g/mol. The summed E-state index contributed by atoms with van der Waals surface area (Å²) in [5, 5.41) is 3.07.